The highest BCUT2D eigenvalue weighted by Gasteiger charge is 2.30. The molecule has 0 unspecified atom stereocenters. The van der Waals surface area contributed by atoms with Gasteiger partial charge in [-0.1, -0.05) is 12.1 Å². The lowest BCUT2D eigenvalue weighted by Gasteiger charge is -2.32. The molecule has 1 N–H and O–H groups in total. The maximum Gasteiger partial charge on any atom is 0.256 e. The maximum absolute atomic E-state index is 13.7. The van der Waals surface area contributed by atoms with Gasteiger partial charge in [0.05, 0.1) is 11.5 Å². The van der Waals surface area contributed by atoms with Crippen LogP contribution in [0.3, 0.4) is 0 Å². The second-order valence-corrected chi connectivity index (χ2v) is 6.26. The Bertz CT molecular complexity index is 572. The van der Waals surface area contributed by atoms with Crippen LogP contribution in [-0.4, -0.2) is 36.3 Å². The van der Waals surface area contributed by atoms with Crippen LogP contribution < -0.4 is 5.32 Å². The molecule has 0 aromatic heterocycles. The highest BCUT2D eigenvalue weighted by Crippen LogP contribution is 2.28. The quantitative estimate of drug-likeness (QED) is 0.927. The molecule has 1 aliphatic heterocycles. The Hall–Kier alpha value is -1.91. The van der Waals surface area contributed by atoms with Gasteiger partial charge in [-0.15, -0.1) is 0 Å². The van der Waals surface area contributed by atoms with Crippen LogP contribution in [0.4, 0.5) is 4.39 Å². The highest BCUT2D eigenvalue weighted by molar-refractivity contribution is 5.95. The summed E-state index contributed by atoms with van der Waals surface area (Å²) in [5.74, 6) is -0.338. The fraction of sp³-hybridized carbons (Fsp3) is 0.529. The molecule has 118 valence electrons. The van der Waals surface area contributed by atoms with Crippen molar-refractivity contribution in [3.63, 3.8) is 0 Å². The van der Waals surface area contributed by atoms with Crippen LogP contribution in [0.25, 0.3) is 0 Å². The molecule has 1 saturated carbocycles. The number of rotatable bonds is 4. The predicted octanol–water partition coefficient (Wildman–Crippen LogP) is 2.20. The van der Waals surface area contributed by atoms with Gasteiger partial charge in [-0.25, -0.2) is 4.39 Å². The number of nitrogens with zero attached hydrogens (tertiary/aromatic N) is 1. The van der Waals surface area contributed by atoms with Crippen LogP contribution >= 0.6 is 0 Å². The Morgan fingerprint density at radius 1 is 1.23 bits per heavy atom. The average molecular weight is 304 g/mol. The zero-order valence-electron chi connectivity index (χ0n) is 12.6. The molecule has 2 amide bonds. The Morgan fingerprint density at radius 2 is 2.00 bits per heavy atom. The van der Waals surface area contributed by atoms with E-state index in [0.29, 0.717) is 19.0 Å². The van der Waals surface area contributed by atoms with Crippen molar-refractivity contribution in [3.05, 3.63) is 35.6 Å². The number of amides is 2. The molecule has 0 spiro atoms. The van der Waals surface area contributed by atoms with Crippen molar-refractivity contribution in [2.45, 2.75) is 25.7 Å². The lowest BCUT2D eigenvalue weighted by Crippen LogP contribution is -2.46. The van der Waals surface area contributed by atoms with Crippen LogP contribution in [-0.2, 0) is 4.79 Å². The zero-order chi connectivity index (χ0) is 15.5. The average Bonchev–Trinajstić information content (AvgIpc) is 3.37. The van der Waals surface area contributed by atoms with Crippen LogP contribution in [0.15, 0.2) is 24.3 Å². The smallest absolute Gasteiger partial charge is 0.256 e. The minimum absolute atomic E-state index is 0.0259. The van der Waals surface area contributed by atoms with Gasteiger partial charge in [-0.2, -0.15) is 0 Å². The van der Waals surface area contributed by atoms with E-state index >= 15 is 0 Å². The molecule has 4 nitrogen and oxygen atoms in total. The number of benzene rings is 1. The molecular formula is C17H21FN2O2. The molecule has 3 rings (SSSR count). The van der Waals surface area contributed by atoms with Gasteiger partial charge in [0, 0.05) is 19.6 Å². The Kier molecular flexibility index (Phi) is 4.41. The number of nitrogens with one attached hydrogen (secondary N) is 1. The van der Waals surface area contributed by atoms with E-state index in [0.717, 1.165) is 19.4 Å². The normalized spacial score (nSPS) is 21.5. The Labute approximate surface area is 129 Å². The van der Waals surface area contributed by atoms with E-state index in [4.69, 9.17) is 0 Å². The van der Waals surface area contributed by atoms with E-state index < -0.39 is 5.82 Å². The molecule has 1 heterocycles. The van der Waals surface area contributed by atoms with E-state index in [1.54, 1.807) is 17.0 Å². The van der Waals surface area contributed by atoms with Crippen molar-refractivity contribution < 1.29 is 14.0 Å². The molecule has 1 aromatic rings. The van der Waals surface area contributed by atoms with E-state index in [1.807, 2.05) is 0 Å². The minimum Gasteiger partial charge on any atom is -0.356 e. The first-order valence-electron chi connectivity index (χ1n) is 7.96. The summed E-state index contributed by atoms with van der Waals surface area (Å²) in [5, 5.41) is 2.97. The number of piperidine rings is 1. The van der Waals surface area contributed by atoms with Crippen molar-refractivity contribution in [1.82, 2.24) is 10.2 Å². The third-order valence-corrected chi connectivity index (χ3v) is 4.45. The molecular weight excluding hydrogens is 283 g/mol. The van der Waals surface area contributed by atoms with Crippen molar-refractivity contribution in [2.75, 3.05) is 19.6 Å². The summed E-state index contributed by atoms with van der Waals surface area (Å²) in [6.45, 7) is 1.71. The van der Waals surface area contributed by atoms with Gasteiger partial charge < -0.3 is 10.2 Å². The number of hydrogen-bond donors (Lipinski definition) is 1. The van der Waals surface area contributed by atoms with Crippen LogP contribution in [0, 0.1) is 17.7 Å². The van der Waals surface area contributed by atoms with Gasteiger partial charge >= 0.3 is 0 Å². The minimum atomic E-state index is -0.507. The largest absolute Gasteiger partial charge is 0.356 e. The van der Waals surface area contributed by atoms with E-state index in [-0.39, 0.29) is 23.3 Å². The maximum atomic E-state index is 13.7. The highest BCUT2D eigenvalue weighted by atomic mass is 19.1. The van der Waals surface area contributed by atoms with Gasteiger partial charge in [0.1, 0.15) is 5.82 Å². The summed E-state index contributed by atoms with van der Waals surface area (Å²) in [6, 6.07) is 6.00. The van der Waals surface area contributed by atoms with Crippen LogP contribution in [0.1, 0.15) is 36.0 Å². The second-order valence-electron chi connectivity index (χ2n) is 6.26. The molecule has 1 aliphatic carbocycles. The fourth-order valence-corrected chi connectivity index (χ4v) is 2.89. The summed E-state index contributed by atoms with van der Waals surface area (Å²) in [7, 11) is 0. The number of halogens is 1. The van der Waals surface area contributed by atoms with E-state index in [2.05, 4.69) is 5.32 Å². The number of likely N-dealkylation sites (tertiary alicyclic amines) is 1. The van der Waals surface area contributed by atoms with Crippen molar-refractivity contribution >= 4 is 11.8 Å². The van der Waals surface area contributed by atoms with Crippen LogP contribution in [0.2, 0.25) is 0 Å². The predicted molar refractivity (Wildman–Crippen MR) is 80.8 cm³/mol. The van der Waals surface area contributed by atoms with E-state index in [9.17, 15) is 14.0 Å². The lowest BCUT2D eigenvalue weighted by molar-refractivity contribution is -0.126. The Morgan fingerprint density at radius 3 is 2.73 bits per heavy atom. The monoisotopic (exact) mass is 304 g/mol. The van der Waals surface area contributed by atoms with Gasteiger partial charge in [-0.05, 0) is 43.7 Å². The molecule has 2 aliphatic rings. The molecule has 1 aromatic carbocycles. The SMILES string of the molecule is O=C(NCC1CC1)[C@H]1CCCN(C(=O)c2ccccc2F)C1. The third kappa shape index (κ3) is 3.46. The standard InChI is InChI=1S/C17H21FN2O2/c18-15-6-2-1-5-14(15)17(22)20-9-3-4-13(11-20)16(21)19-10-12-7-8-12/h1-2,5-6,12-13H,3-4,7-11H2,(H,19,21)/t13-/m0/s1. The van der Waals surface area contributed by atoms with Gasteiger partial charge in [0.2, 0.25) is 5.91 Å². The number of carbonyl (C=O) groups is 2. The molecule has 0 bridgehead atoms. The molecule has 0 radical (unpaired) electrons. The number of hydrogen-bond acceptors (Lipinski definition) is 2. The summed E-state index contributed by atoms with van der Waals surface area (Å²) >= 11 is 0. The first-order chi connectivity index (χ1) is 10.6. The summed E-state index contributed by atoms with van der Waals surface area (Å²) < 4.78 is 13.7. The Balaban J connectivity index is 1.61. The summed E-state index contributed by atoms with van der Waals surface area (Å²) in [6.07, 6.45) is 3.96. The molecule has 2 fully saturated rings. The summed E-state index contributed by atoms with van der Waals surface area (Å²) in [5.41, 5.74) is 0.0848. The van der Waals surface area contributed by atoms with Gasteiger partial charge in [0.25, 0.3) is 5.91 Å². The second kappa shape index (κ2) is 6.46. The fourth-order valence-electron chi connectivity index (χ4n) is 2.89. The van der Waals surface area contributed by atoms with Gasteiger partial charge in [-0.3, -0.25) is 9.59 Å². The molecule has 5 heteroatoms. The first kappa shape index (κ1) is 15.0. The summed E-state index contributed by atoms with van der Waals surface area (Å²) in [4.78, 5) is 26.2. The molecule has 22 heavy (non-hydrogen) atoms. The molecule has 1 saturated heterocycles. The topological polar surface area (TPSA) is 49.4 Å². The van der Waals surface area contributed by atoms with E-state index in [1.165, 1.54) is 25.0 Å². The zero-order valence-corrected chi connectivity index (χ0v) is 12.6. The van der Waals surface area contributed by atoms with Gasteiger partial charge in [0.15, 0.2) is 0 Å². The van der Waals surface area contributed by atoms with Crippen molar-refractivity contribution in [2.24, 2.45) is 11.8 Å². The molecule has 1 atom stereocenters. The van der Waals surface area contributed by atoms with Crippen molar-refractivity contribution in [1.29, 1.82) is 0 Å². The lowest BCUT2D eigenvalue weighted by atomic mass is 9.96. The van der Waals surface area contributed by atoms with Crippen molar-refractivity contribution in [3.8, 4) is 0 Å². The number of carbonyl (C=O) groups excluding carboxylic acids is 2. The first-order valence-corrected chi connectivity index (χ1v) is 7.96. The third-order valence-electron chi connectivity index (χ3n) is 4.45. The van der Waals surface area contributed by atoms with Crippen LogP contribution in [0.5, 0.6) is 0 Å².